The molecule has 3 aromatic rings. The largest absolute Gasteiger partial charge is 0.497 e. The Hall–Kier alpha value is -3.03. The van der Waals surface area contributed by atoms with E-state index >= 15 is 0 Å². The monoisotopic (exact) mass is 392 g/mol. The van der Waals surface area contributed by atoms with Gasteiger partial charge in [-0.2, -0.15) is 0 Å². The fraction of sp³-hybridized carbons (Fsp3) is 0.227. The summed E-state index contributed by atoms with van der Waals surface area (Å²) in [6.45, 7) is 3.07. The van der Waals surface area contributed by atoms with E-state index in [1.54, 1.807) is 26.5 Å². The number of aromatic nitrogens is 1. The topological polar surface area (TPSA) is 75.1 Å². The molecule has 0 saturated heterocycles. The lowest BCUT2D eigenvalue weighted by Gasteiger charge is -2.27. The molecule has 7 heteroatoms. The van der Waals surface area contributed by atoms with Crippen molar-refractivity contribution >= 4 is 18.4 Å². The van der Waals surface area contributed by atoms with Gasteiger partial charge in [0.25, 0.3) is 0 Å². The van der Waals surface area contributed by atoms with E-state index < -0.39 is 7.12 Å². The van der Waals surface area contributed by atoms with Crippen LogP contribution in [0.15, 0.2) is 60.8 Å². The molecule has 0 aliphatic rings. The minimum absolute atomic E-state index is 0.449. The van der Waals surface area contributed by atoms with Gasteiger partial charge < -0.3 is 24.4 Å². The molecule has 150 valence electrons. The van der Waals surface area contributed by atoms with Gasteiger partial charge in [0.15, 0.2) is 0 Å². The minimum Gasteiger partial charge on any atom is -0.497 e. The average Bonchev–Trinajstić information content (AvgIpc) is 2.74. The molecule has 1 aromatic heterocycles. The van der Waals surface area contributed by atoms with Crippen molar-refractivity contribution < 1.29 is 19.5 Å². The number of anilines is 1. The first kappa shape index (κ1) is 20.7. The average molecular weight is 392 g/mol. The molecule has 0 atom stereocenters. The number of nitrogens with zero attached hydrogens (tertiary/aromatic N) is 2. The van der Waals surface area contributed by atoms with Crippen LogP contribution in [0, 0.1) is 6.92 Å². The Morgan fingerprint density at radius 2 is 1.31 bits per heavy atom. The molecule has 3 rings (SSSR count). The van der Waals surface area contributed by atoms with Crippen LogP contribution in [0.1, 0.15) is 16.7 Å². The number of pyridine rings is 1. The van der Waals surface area contributed by atoms with Crippen LogP contribution < -0.4 is 19.8 Å². The van der Waals surface area contributed by atoms with Gasteiger partial charge in [0, 0.05) is 19.3 Å². The fourth-order valence-corrected chi connectivity index (χ4v) is 3.25. The van der Waals surface area contributed by atoms with Crippen molar-refractivity contribution in [3.63, 3.8) is 0 Å². The summed E-state index contributed by atoms with van der Waals surface area (Å²) >= 11 is 0. The molecule has 0 radical (unpaired) electrons. The number of rotatable bonds is 8. The predicted molar refractivity (Wildman–Crippen MR) is 115 cm³/mol. The third-order valence-electron chi connectivity index (χ3n) is 4.86. The van der Waals surface area contributed by atoms with Crippen molar-refractivity contribution in [2.75, 3.05) is 19.1 Å². The highest BCUT2D eigenvalue weighted by Crippen LogP contribution is 2.23. The number of hydrogen-bond acceptors (Lipinski definition) is 6. The van der Waals surface area contributed by atoms with Gasteiger partial charge in [-0.3, -0.25) is 0 Å². The fourth-order valence-electron chi connectivity index (χ4n) is 3.25. The van der Waals surface area contributed by atoms with Gasteiger partial charge in [0.05, 0.1) is 14.2 Å². The van der Waals surface area contributed by atoms with Crippen molar-refractivity contribution in [3.8, 4) is 11.5 Å². The maximum atomic E-state index is 9.69. The molecule has 0 amide bonds. The van der Waals surface area contributed by atoms with Crippen molar-refractivity contribution in [1.82, 2.24) is 4.98 Å². The van der Waals surface area contributed by atoms with Crippen LogP contribution in [0.2, 0.25) is 0 Å². The zero-order valence-electron chi connectivity index (χ0n) is 16.9. The van der Waals surface area contributed by atoms with Gasteiger partial charge in [-0.1, -0.05) is 24.3 Å². The summed E-state index contributed by atoms with van der Waals surface area (Å²) in [6, 6.07) is 17.4. The first-order chi connectivity index (χ1) is 14.0. The zero-order valence-corrected chi connectivity index (χ0v) is 16.9. The Morgan fingerprint density at radius 1 is 0.828 bits per heavy atom. The molecule has 29 heavy (non-hydrogen) atoms. The van der Waals surface area contributed by atoms with E-state index in [-0.39, 0.29) is 0 Å². The maximum Gasteiger partial charge on any atom is 0.488 e. The molecule has 0 unspecified atom stereocenters. The van der Waals surface area contributed by atoms with Gasteiger partial charge in [0.1, 0.15) is 17.3 Å². The molecular weight excluding hydrogens is 367 g/mol. The van der Waals surface area contributed by atoms with E-state index in [0.29, 0.717) is 24.4 Å². The van der Waals surface area contributed by atoms with Gasteiger partial charge in [-0.05, 0) is 59.4 Å². The van der Waals surface area contributed by atoms with E-state index in [1.807, 2.05) is 55.5 Å². The van der Waals surface area contributed by atoms with Crippen LogP contribution >= 0.6 is 0 Å². The van der Waals surface area contributed by atoms with Crippen LogP contribution in [0.25, 0.3) is 0 Å². The van der Waals surface area contributed by atoms with Crippen LogP contribution in [-0.2, 0) is 13.1 Å². The van der Waals surface area contributed by atoms with E-state index in [4.69, 9.17) is 9.47 Å². The number of ether oxygens (including phenoxy) is 2. The lowest BCUT2D eigenvalue weighted by Crippen LogP contribution is -2.35. The minimum atomic E-state index is -1.54. The highest BCUT2D eigenvalue weighted by molar-refractivity contribution is 6.59. The summed E-state index contributed by atoms with van der Waals surface area (Å²) < 4.78 is 10.5. The lowest BCUT2D eigenvalue weighted by molar-refractivity contribution is 0.414. The first-order valence-electron chi connectivity index (χ1n) is 9.34. The SMILES string of the molecule is COc1ccc(CN(Cc2ccc(OC)cc2)c2nccc(B(O)O)c2C)cc1. The summed E-state index contributed by atoms with van der Waals surface area (Å²) in [5, 5.41) is 19.4. The van der Waals surface area contributed by atoms with Crippen molar-refractivity contribution in [2.45, 2.75) is 20.0 Å². The summed E-state index contributed by atoms with van der Waals surface area (Å²) in [7, 11) is 1.74. The third-order valence-corrected chi connectivity index (χ3v) is 4.86. The third kappa shape index (κ3) is 5.07. The van der Waals surface area contributed by atoms with Crippen molar-refractivity contribution in [2.24, 2.45) is 0 Å². The molecule has 2 N–H and O–H groups in total. The predicted octanol–water partition coefficient (Wildman–Crippen LogP) is 2.29. The van der Waals surface area contributed by atoms with E-state index in [2.05, 4.69) is 9.88 Å². The van der Waals surface area contributed by atoms with E-state index in [1.165, 1.54) is 0 Å². The lowest BCUT2D eigenvalue weighted by atomic mass is 9.78. The Morgan fingerprint density at radius 3 is 1.72 bits per heavy atom. The summed E-state index contributed by atoms with van der Waals surface area (Å²) in [4.78, 5) is 6.65. The van der Waals surface area contributed by atoms with Crippen LogP contribution in [0.5, 0.6) is 11.5 Å². The van der Waals surface area contributed by atoms with Crippen LogP contribution in [-0.4, -0.2) is 36.4 Å². The van der Waals surface area contributed by atoms with Gasteiger partial charge in [-0.25, -0.2) is 4.98 Å². The van der Waals surface area contributed by atoms with Gasteiger partial charge in [0.2, 0.25) is 0 Å². The quantitative estimate of drug-likeness (QED) is 0.573. The second kappa shape index (κ2) is 9.45. The summed E-state index contributed by atoms with van der Waals surface area (Å²) in [5.41, 5.74) is 3.37. The highest BCUT2D eigenvalue weighted by atomic mass is 16.5. The molecular formula is C22H25BN2O4. The zero-order chi connectivity index (χ0) is 20.8. The maximum absolute atomic E-state index is 9.69. The normalized spacial score (nSPS) is 10.5. The second-order valence-electron chi connectivity index (χ2n) is 6.77. The second-order valence-corrected chi connectivity index (χ2v) is 6.77. The molecule has 0 fully saturated rings. The molecule has 2 aromatic carbocycles. The number of methoxy groups -OCH3 is 2. The Labute approximate surface area is 171 Å². The Balaban J connectivity index is 1.94. The number of benzene rings is 2. The van der Waals surface area contributed by atoms with Gasteiger partial charge in [-0.15, -0.1) is 0 Å². The van der Waals surface area contributed by atoms with E-state index in [0.717, 1.165) is 28.2 Å². The number of hydrogen-bond donors (Lipinski definition) is 2. The Kier molecular flexibility index (Phi) is 6.75. The molecule has 6 nitrogen and oxygen atoms in total. The molecule has 0 bridgehead atoms. The van der Waals surface area contributed by atoms with Crippen molar-refractivity contribution in [1.29, 1.82) is 0 Å². The molecule has 1 heterocycles. The smallest absolute Gasteiger partial charge is 0.488 e. The molecule has 0 spiro atoms. The summed E-state index contributed by atoms with van der Waals surface area (Å²) in [5.74, 6) is 2.31. The highest BCUT2D eigenvalue weighted by Gasteiger charge is 2.20. The van der Waals surface area contributed by atoms with Crippen LogP contribution in [0.3, 0.4) is 0 Å². The van der Waals surface area contributed by atoms with Crippen molar-refractivity contribution in [3.05, 3.63) is 77.5 Å². The standard InChI is InChI=1S/C22H25BN2O4/c1-16-21(23(26)27)12-13-24-22(16)25(14-17-4-8-19(28-2)9-5-17)15-18-6-10-20(29-3)11-7-18/h4-13,26-27H,14-15H2,1-3H3. The molecule has 0 aliphatic heterocycles. The summed E-state index contributed by atoms with van der Waals surface area (Å²) in [6.07, 6.45) is 1.60. The van der Waals surface area contributed by atoms with Gasteiger partial charge >= 0.3 is 7.12 Å². The molecule has 0 saturated carbocycles. The molecule has 0 aliphatic carbocycles. The van der Waals surface area contributed by atoms with E-state index in [9.17, 15) is 10.0 Å². The Bertz CT molecular complexity index is 881. The van der Waals surface area contributed by atoms with Crippen LogP contribution in [0.4, 0.5) is 5.82 Å². The first-order valence-corrected chi connectivity index (χ1v) is 9.34.